The van der Waals surface area contributed by atoms with Gasteiger partial charge in [0.15, 0.2) is 5.82 Å². The summed E-state index contributed by atoms with van der Waals surface area (Å²) >= 11 is 0. The Morgan fingerprint density at radius 3 is 2.70 bits per heavy atom. The molecular weight excluding hydrogens is 344 g/mol. The lowest BCUT2D eigenvalue weighted by Gasteiger charge is -2.32. The van der Waals surface area contributed by atoms with Gasteiger partial charge in [0, 0.05) is 18.0 Å². The van der Waals surface area contributed by atoms with Crippen LogP contribution in [-0.4, -0.2) is 52.3 Å². The maximum atomic E-state index is 13.0. The quantitative estimate of drug-likeness (QED) is 0.695. The van der Waals surface area contributed by atoms with Gasteiger partial charge in [0.1, 0.15) is 12.2 Å². The third-order valence-corrected chi connectivity index (χ3v) is 5.22. The maximum Gasteiger partial charge on any atom is 0.254 e. The highest BCUT2D eigenvalue weighted by Crippen LogP contribution is 2.41. The maximum absolute atomic E-state index is 13.0. The van der Waals surface area contributed by atoms with E-state index in [1.165, 1.54) is 12.8 Å². The highest BCUT2D eigenvalue weighted by Gasteiger charge is 2.35. The van der Waals surface area contributed by atoms with Crippen LogP contribution in [0.3, 0.4) is 0 Å². The molecule has 27 heavy (non-hydrogen) atoms. The molecule has 0 radical (unpaired) electrons. The predicted octanol–water partition coefficient (Wildman–Crippen LogP) is 1.41. The summed E-state index contributed by atoms with van der Waals surface area (Å²) in [6.07, 6.45) is 3.97. The number of nitrogens with zero attached hydrogens (tertiary/aromatic N) is 8. The van der Waals surface area contributed by atoms with Crippen molar-refractivity contribution in [3.63, 3.8) is 0 Å². The number of rotatable bonds is 4. The van der Waals surface area contributed by atoms with Gasteiger partial charge in [-0.05, 0) is 47.9 Å². The lowest BCUT2D eigenvalue weighted by Crippen LogP contribution is -2.40. The standard InChI is InChI=1S/C18H20N8O/c1-12-8-24(10-16-20-21-17(26(12)16)14-6-7-14)18(27)15-4-2-13(3-5-15)9-25-11-19-22-23-25/h2-5,11-12,14H,6-10H2,1H3/t12-/m0/s1. The van der Waals surface area contributed by atoms with Crippen LogP contribution in [0.4, 0.5) is 0 Å². The number of aromatic nitrogens is 7. The third kappa shape index (κ3) is 2.98. The highest BCUT2D eigenvalue weighted by molar-refractivity contribution is 5.94. The van der Waals surface area contributed by atoms with E-state index in [2.05, 4.69) is 37.2 Å². The van der Waals surface area contributed by atoms with Crippen molar-refractivity contribution in [1.82, 2.24) is 39.9 Å². The van der Waals surface area contributed by atoms with Crippen molar-refractivity contribution in [2.75, 3.05) is 6.54 Å². The summed E-state index contributed by atoms with van der Waals surface area (Å²) in [5.74, 6) is 2.57. The minimum Gasteiger partial charge on any atom is -0.329 e. The van der Waals surface area contributed by atoms with E-state index in [1.807, 2.05) is 29.2 Å². The highest BCUT2D eigenvalue weighted by atomic mass is 16.2. The summed E-state index contributed by atoms with van der Waals surface area (Å²) in [7, 11) is 0. The molecule has 1 aromatic carbocycles. The molecule has 138 valence electrons. The second kappa shape index (κ2) is 6.26. The number of carbonyl (C=O) groups is 1. The molecule has 3 heterocycles. The van der Waals surface area contributed by atoms with E-state index in [0.29, 0.717) is 31.1 Å². The van der Waals surface area contributed by atoms with Crippen molar-refractivity contribution in [2.24, 2.45) is 0 Å². The van der Waals surface area contributed by atoms with Crippen LogP contribution in [0.1, 0.15) is 59.3 Å². The van der Waals surface area contributed by atoms with Gasteiger partial charge in [0.25, 0.3) is 5.91 Å². The second-order valence-electron chi connectivity index (χ2n) is 7.36. The van der Waals surface area contributed by atoms with Crippen LogP contribution >= 0.6 is 0 Å². The first-order valence-corrected chi connectivity index (χ1v) is 9.21. The fraction of sp³-hybridized carbons (Fsp3) is 0.444. The first-order chi connectivity index (χ1) is 13.2. The number of benzene rings is 1. The third-order valence-electron chi connectivity index (χ3n) is 5.22. The molecule has 3 aromatic rings. The van der Waals surface area contributed by atoms with Crippen molar-refractivity contribution in [3.8, 4) is 0 Å². The van der Waals surface area contributed by atoms with Crippen molar-refractivity contribution in [1.29, 1.82) is 0 Å². The Labute approximate surface area is 156 Å². The van der Waals surface area contributed by atoms with E-state index < -0.39 is 0 Å². The zero-order valence-electron chi connectivity index (χ0n) is 15.1. The molecule has 1 fully saturated rings. The SMILES string of the molecule is C[C@H]1CN(C(=O)c2ccc(Cn3cnnn3)cc2)Cc2nnc(C3CC3)n21. The summed E-state index contributed by atoms with van der Waals surface area (Å²) in [5, 5.41) is 19.8. The fourth-order valence-corrected chi connectivity index (χ4v) is 3.71. The Morgan fingerprint density at radius 1 is 1.19 bits per heavy atom. The molecule has 9 nitrogen and oxygen atoms in total. The molecule has 0 unspecified atom stereocenters. The number of hydrogen-bond acceptors (Lipinski definition) is 6. The fourth-order valence-electron chi connectivity index (χ4n) is 3.71. The number of hydrogen-bond donors (Lipinski definition) is 0. The second-order valence-corrected chi connectivity index (χ2v) is 7.36. The smallest absolute Gasteiger partial charge is 0.254 e. The summed E-state index contributed by atoms with van der Waals surface area (Å²) < 4.78 is 3.88. The molecule has 1 atom stereocenters. The van der Waals surface area contributed by atoms with Gasteiger partial charge in [-0.15, -0.1) is 15.3 Å². The molecule has 2 aromatic heterocycles. The Hall–Kier alpha value is -3.10. The van der Waals surface area contributed by atoms with E-state index in [1.54, 1.807) is 11.0 Å². The minimum atomic E-state index is 0.0260. The van der Waals surface area contributed by atoms with Crippen LogP contribution < -0.4 is 0 Å². The Morgan fingerprint density at radius 2 is 2.00 bits per heavy atom. The van der Waals surface area contributed by atoms with Gasteiger partial charge in [0.2, 0.25) is 0 Å². The molecule has 1 aliphatic heterocycles. The molecule has 1 amide bonds. The molecule has 0 N–H and O–H groups in total. The zero-order chi connectivity index (χ0) is 18.4. The van der Waals surface area contributed by atoms with Crippen LogP contribution in [0, 0.1) is 0 Å². The summed E-state index contributed by atoms with van der Waals surface area (Å²) in [4.78, 5) is 14.8. The zero-order valence-corrected chi connectivity index (χ0v) is 15.1. The molecule has 1 saturated carbocycles. The van der Waals surface area contributed by atoms with Crippen LogP contribution in [0.15, 0.2) is 30.6 Å². The van der Waals surface area contributed by atoms with Crippen molar-refractivity contribution in [2.45, 2.75) is 44.8 Å². The lowest BCUT2D eigenvalue weighted by molar-refractivity contribution is 0.0679. The number of carbonyl (C=O) groups excluding carboxylic acids is 1. The molecule has 0 spiro atoms. The summed E-state index contributed by atoms with van der Waals surface area (Å²) in [6, 6.07) is 7.80. The van der Waals surface area contributed by atoms with Gasteiger partial charge in [-0.25, -0.2) is 4.68 Å². The number of tetrazole rings is 1. The van der Waals surface area contributed by atoms with Crippen LogP contribution in [0.2, 0.25) is 0 Å². The van der Waals surface area contributed by atoms with E-state index in [-0.39, 0.29) is 11.9 Å². The average Bonchev–Trinajstić information content (AvgIpc) is 3.22. The Kier molecular flexibility index (Phi) is 3.73. The first-order valence-electron chi connectivity index (χ1n) is 9.21. The van der Waals surface area contributed by atoms with Crippen LogP contribution in [0.25, 0.3) is 0 Å². The van der Waals surface area contributed by atoms with Gasteiger partial charge in [-0.3, -0.25) is 4.79 Å². The molecule has 5 rings (SSSR count). The molecule has 1 aliphatic carbocycles. The monoisotopic (exact) mass is 364 g/mol. The van der Waals surface area contributed by atoms with Crippen molar-refractivity contribution >= 4 is 5.91 Å². The molecule has 2 aliphatic rings. The number of fused-ring (bicyclic) bond motifs is 1. The molecule has 0 bridgehead atoms. The van der Waals surface area contributed by atoms with E-state index in [9.17, 15) is 4.79 Å². The van der Waals surface area contributed by atoms with Gasteiger partial charge in [-0.2, -0.15) is 0 Å². The van der Waals surface area contributed by atoms with E-state index >= 15 is 0 Å². The minimum absolute atomic E-state index is 0.0260. The lowest BCUT2D eigenvalue weighted by atomic mass is 10.1. The van der Waals surface area contributed by atoms with Crippen molar-refractivity contribution in [3.05, 3.63) is 53.4 Å². The predicted molar refractivity (Wildman–Crippen MR) is 94.8 cm³/mol. The van der Waals surface area contributed by atoms with Crippen LogP contribution in [-0.2, 0) is 13.1 Å². The Balaban J connectivity index is 1.32. The summed E-state index contributed by atoms with van der Waals surface area (Å²) in [5.41, 5.74) is 1.72. The van der Waals surface area contributed by atoms with Gasteiger partial charge in [-0.1, -0.05) is 12.1 Å². The normalized spacial score (nSPS) is 19.1. The topological polar surface area (TPSA) is 94.6 Å². The molecular formula is C18H20N8O. The van der Waals surface area contributed by atoms with E-state index in [0.717, 1.165) is 17.2 Å². The van der Waals surface area contributed by atoms with Gasteiger partial charge in [0.05, 0.1) is 19.1 Å². The molecule has 9 heteroatoms. The van der Waals surface area contributed by atoms with Crippen LogP contribution in [0.5, 0.6) is 0 Å². The largest absolute Gasteiger partial charge is 0.329 e. The van der Waals surface area contributed by atoms with Gasteiger partial charge >= 0.3 is 0 Å². The Bertz CT molecular complexity index is 958. The average molecular weight is 364 g/mol. The summed E-state index contributed by atoms with van der Waals surface area (Å²) in [6.45, 7) is 3.90. The first kappa shape index (κ1) is 16.1. The van der Waals surface area contributed by atoms with Crippen molar-refractivity contribution < 1.29 is 4.79 Å². The molecule has 0 saturated heterocycles. The van der Waals surface area contributed by atoms with Gasteiger partial charge < -0.3 is 9.47 Å². The van der Waals surface area contributed by atoms with E-state index in [4.69, 9.17) is 0 Å². The number of amides is 1.